The van der Waals surface area contributed by atoms with Crippen LogP contribution in [0.1, 0.15) is 12.5 Å². The van der Waals surface area contributed by atoms with Gasteiger partial charge in [0.05, 0.1) is 30.9 Å². The van der Waals surface area contributed by atoms with Crippen LogP contribution >= 0.6 is 11.8 Å². The number of nitrogens with zero attached hydrogens (tertiary/aromatic N) is 5. The van der Waals surface area contributed by atoms with Crippen molar-refractivity contribution in [3.8, 4) is 5.75 Å². The van der Waals surface area contributed by atoms with Crippen LogP contribution in [0.15, 0.2) is 66.1 Å². The molecule has 2 amide bonds. The third-order valence-electron chi connectivity index (χ3n) is 7.66. The third-order valence-corrected chi connectivity index (χ3v) is 8.69. The fourth-order valence-corrected chi connectivity index (χ4v) is 6.37. The molecule has 210 valence electrons. The van der Waals surface area contributed by atoms with Gasteiger partial charge in [-0.3, -0.25) is 9.59 Å². The number of hydrogen-bond acceptors (Lipinski definition) is 8. The Kier molecular flexibility index (Phi) is 7.43. The number of thioether (sulfide) groups is 1. The highest BCUT2D eigenvalue weighted by Gasteiger charge is 2.44. The summed E-state index contributed by atoms with van der Waals surface area (Å²) >= 11 is 1.53. The van der Waals surface area contributed by atoms with E-state index in [0.717, 1.165) is 53.8 Å². The minimum atomic E-state index is -1.00. The molecule has 40 heavy (non-hydrogen) atoms. The van der Waals surface area contributed by atoms with Gasteiger partial charge in [-0.1, -0.05) is 6.07 Å². The fraction of sp³-hybridized carbons (Fsp3) is 0.414. The quantitative estimate of drug-likeness (QED) is 0.434. The van der Waals surface area contributed by atoms with Crippen LogP contribution < -0.4 is 14.5 Å². The molecular weight excluding hydrogens is 530 g/mol. The first-order chi connectivity index (χ1) is 19.4. The minimum Gasteiger partial charge on any atom is -0.491 e. The zero-order chi connectivity index (χ0) is 27.7. The van der Waals surface area contributed by atoms with E-state index in [1.54, 1.807) is 31.4 Å². The SMILES string of the molecule is CC(=O)N1CCN(c2ccc(OCC3COC(Cn4ccnc4)(c4ccc5c(c4)SCC(=O)N5C)O3)cc2)CC1. The second kappa shape index (κ2) is 11.1. The summed E-state index contributed by atoms with van der Waals surface area (Å²) in [6.45, 7) is 5.91. The van der Waals surface area contributed by atoms with Crippen molar-refractivity contribution in [3.63, 3.8) is 0 Å². The zero-order valence-electron chi connectivity index (χ0n) is 22.7. The van der Waals surface area contributed by atoms with Crippen molar-refractivity contribution in [1.82, 2.24) is 14.5 Å². The van der Waals surface area contributed by atoms with Crippen molar-refractivity contribution in [3.05, 3.63) is 66.7 Å². The van der Waals surface area contributed by atoms with E-state index in [9.17, 15) is 9.59 Å². The summed E-state index contributed by atoms with van der Waals surface area (Å²) in [6, 6.07) is 14.1. The number of imidazole rings is 1. The number of hydrogen-bond donors (Lipinski definition) is 0. The smallest absolute Gasteiger partial charge is 0.237 e. The van der Waals surface area contributed by atoms with Crippen LogP contribution in [0, 0.1) is 0 Å². The van der Waals surface area contributed by atoms with Crippen molar-refractivity contribution in [2.24, 2.45) is 0 Å². The molecule has 0 radical (unpaired) electrons. The normalized spacial score (nSPS) is 22.9. The summed E-state index contributed by atoms with van der Waals surface area (Å²) in [5.74, 6) is 0.390. The molecule has 3 aliphatic rings. The summed E-state index contributed by atoms with van der Waals surface area (Å²) in [5.41, 5.74) is 2.91. The van der Waals surface area contributed by atoms with Crippen LogP contribution in [-0.4, -0.2) is 84.6 Å². The highest BCUT2D eigenvalue weighted by Crippen LogP contribution is 2.42. The molecule has 2 unspecified atom stereocenters. The molecule has 2 fully saturated rings. The van der Waals surface area contributed by atoms with Gasteiger partial charge >= 0.3 is 0 Å². The Bertz CT molecular complexity index is 1360. The van der Waals surface area contributed by atoms with E-state index in [1.165, 1.54) is 11.8 Å². The monoisotopic (exact) mass is 563 g/mol. The maximum absolute atomic E-state index is 12.2. The van der Waals surface area contributed by atoms with Gasteiger partial charge in [-0.25, -0.2) is 4.98 Å². The maximum Gasteiger partial charge on any atom is 0.237 e. The molecule has 10 nitrogen and oxygen atoms in total. The molecule has 3 aromatic rings. The molecule has 0 saturated carbocycles. The van der Waals surface area contributed by atoms with Gasteiger partial charge in [0.15, 0.2) is 0 Å². The predicted octanol–water partition coefficient (Wildman–Crippen LogP) is 2.97. The summed E-state index contributed by atoms with van der Waals surface area (Å²) < 4.78 is 21.0. The number of piperazine rings is 1. The van der Waals surface area contributed by atoms with Crippen LogP contribution in [0.25, 0.3) is 0 Å². The summed E-state index contributed by atoms with van der Waals surface area (Å²) in [7, 11) is 1.80. The van der Waals surface area contributed by atoms with Gasteiger partial charge in [-0.15, -0.1) is 11.8 Å². The molecule has 0 aliphatic carbocycles. The van der Waals surface area contributed by atoms with Crippen LogP contribution in [0.5, 0.6) is 5.75 Å². The molecule has 2 aromatic carbocycles. The summed E-state index contributed by atoms with van der Waals surface area (Å²) in [4.78, 5) is 34.8. The lowest BCUT2D eigenvalue weighted by Crippen LogP contribution is -2.48. The lowest BCUT2D eigenvalue weighted by Gasteiger charge is -2.35. The van der Waals surface area contributed by atoms with Crippen LogP contribution in [0.3, 0.4) is 0 Å². The second-order valence-corrected chi connectivity index (χ2v) is 11.3. The van der Waals surface area contributed by atoms with Crippen molar-refractivity contribution in [2.45, 2.75) is 30.3 Å². The maximum atomic E-state index is 12.2. The van der Waals surface area contributed by atoms with Crippen LogP contribution in [0.4, 0.5) is 11.4 Å². The minimum absolute atomic E-state index is 0.0903. The largest absolute Gasteiger partial charge is 0.491 e. The molecule has 0 N–H and O–H groups in total. The van der Waals surface area contributed by atoms with Crippen LogP contribution in [0.2, 0.25) is 0 Å². The van der Waals surface area contributed by atoms with E-state index in [4.69, 9.17) is 14.2 Å². The number of anilines is 2. The molecule has 2 saturated heterocycles. The van der Waals surface area contributed by atoms with Gasteiger partial charge in [0.1, 0.15) is 18.5 Å². The van der Waals surface area contributed by atoms with Crippen molar-refractivity contribution >= 4 is 35.0 Å². The standard InChI is InChI=1S/C29H33N5O5S/c1-21(35)33-11-13-34(14-12-33)23-4-6-24(7-5-23)37-16-25-17-38-29(39-25,19-32-10-9-30-20-32)22-3-8-26-27(15-22)40-18-28(36)31(26)2/h3-10,15,20,25H,11-14,16-19H2,1-2H3. The van der Waals surface area contributed by atoms with E-state index in [-0.39, 0.29) is 17.9 Å². The average molecular weight is 564 g/mol. The zero-order valence-corrected chi connectivity index (χ0v) is 23.5. The Morgan fingerprint density at radius 2 is 1.95 bits per heavy atom. The Balaban J connectivity index is 1.12. The number of carbonyl (C=O) groups is 2. The van der Waals surface area contributed by atoms with Gasteiger partial charge in [0.2, 0.25) is 17.6 Å². The van der Waals surface area contributed by atoms with E-state index in [0.29, 0.717) is 25.5 Å². The average Bonchev–Trinajstić information content (AvgIpc) is 3.65. The lowest BCUT2D eigenvalue weighted by atomic mass is 10.0. The number of aromatic nitrogens is 2. The Hall–Kier alpha value is -3.54. The van der Waals surface area contributed by atoms with Gasteiger partial charge in [-0.05, 0) is 36.4 Å². The lowest BCUT2D eigenvalue weighted by molar-refractivity contribution is -0.189. The predicted molar refractivity (Wildman–Crippen MR) is 152 cm³/mol. The molecule has 6 rings (SSSR count). The number of ether oxygens (including phenoxy) is 3. The van der Waals surface area contributed by atoms with Gasteiger partial charge in [0, 0.05) is 68.7 Å². The van der Waals surface area contributed by atoms with Gasteiger partial charge in [0.25, 0.3) is 0 Å². The highest BCUT2D eigenvalue weighted by atomic mass is 32.2. The summed E-state index contributed by atoms with van der Waals surface area (Å²) in [6.07, 6.45) is 5.11. The Labute approximate surface area is 237 Å². The molecule has 3 aliphatic heterocycles. The number of rotatable bonds is 7. The molecule has 2 atom stereocenters. The van der Waals surface area contributed by atoms with Gasteiger partial charge in [-0.2, -0.15) is 0 Å². The fourth-order valence-electron chi connectivity index (χ4n) is 5.33. The molecule has 4 heterocycles. The third kappa shape index (κ3) is 5.41. The van der Waals surface area contributed by atoms with E-state index < -0.39 is 5.79 Å². The molecular formula is C29H33N5O5S. The van der Waals surface area contributed by atoms with Crippen LogP contribution in [-0.2, 0) is 31.4 Å². The molecule has 0 bridgehead atoms. The number of carbonyl (C=O) groups excluding carboxylic acids is 2. The second-order valence-electron chi connectivity index (χ2n) is 10.3. The summed E-state index contributed by atoms with van der Waals surface area (Å²) in [5, 5.41) is 0. The Morgan fingerprint density at radius 1 is 1.15 bits per heavy atom. The van der Waals surface area contributed by atoms with E-state index in [2.05, 4.69) is 28.1 Å². The number of fused-ring (bicyclic) bond motifs is 1. The molecule has 1 aromatic heterocycles. The van der Waals surface area contributed by atoms with E-state index >= 15 is 0 Å². The van der Waals surface area contributed by atoms with Crippen molar-refractivity contribution in [2.75, 3.05) is 62.0 Å². The first-order valence-electron chi connectivity index (χ1n) is 13.4. The van der Waals surface area contributed by atoms with Crippen molar-refractivity contribution in [1.29, 1.82) is 0 Å². The first kappa shape index (κ1) is 26.7. The molecule has 11 heteroatoms. The van der Waals surface area contributed by atoms with Gasteiger partial charge < -0.3 is 33.5 Å². The molecule has 0 spiro atoms. The number of benzene rings is 2. The first-order valence-corrected chi connectivity index (χ1v) is 14.4. The van der Waals surface area contributed by atoms with Crippen molar-refractivity contribution < 1.29 is 23.8 Å². The Morgan fingerprint density at radius 3 is 2.67 bits per heavy atom. The van der Waals surface area contributed by atoms with E-state index in [1.807, 2.05) is 39.9 Å². The highest BCUT2D eigenvalue weighted by molar-refractivity contribution is 8.00. The topological polar surface area (TPSA) is 89.4 Å². The number of amides is 2.